The molecule has 8 nitrogen and oxygen atoms in total. The number of aromatic nitrogens is 2. The van der Waals surface area contributed by atoms with Crippen LogP contribution in [0.15, 0.2) is 41.4 Å². The Bertz CT molecular complexity index is 990. The number of ether oxygens (including phenoxy) is 1. The van der Waals surface area contributed by atoms with E-state index in [0.29, 0.717) is 49.8 Å². The maximum Gasteiger partial charge on any atom is 0.271 e. The van der Waals surface area contributed by atoms with Crippen molar-refractivity contribution in [1.29, 1.82) is 0 Å². The Morgan fingerprint density at radius 3 is 2.73 bits per heavy atom. The number of nitrogens with one attached hydrogen (secondary N) is 1. The molecule has 30 heavy (non-hydrogen) atoms. The van der Waals surface area contributed by atoms with Crippen LogP contribution in [0.25, 0.3) is 0 Å². The van der Waals surface area contributed by atoms with E-state index in [9.17, 15) is 13.2 Å². The third-order valence-electron chi connectivity index (χ3n) is 5.84. The van der Waals surface area contributed by atoms with E-state index in [1.807, 2.05) is 0 Å². The average Bonchev–Trinajstić information content (AvgIpc) is 3.15. The van der Waals surface area contributed by atoms with Gasteiger partial charge in [-0.3, -0.25) is 9.89 Å². The van der Waals surface area contributed by atoms with Crippen LogP contribution in [0.2, 0.25) is 0 Å². The van der Waals surface area contributed by atoms with E-state index in [1.165, 1.54) is 0 Å². The van der Waals surface area contributed by atoms with E-state index in [1.54, 1.807) is 45.7 Å². The van der Waals surface area contributed by atoms with Gasteiger partial charge in [-0.05, 0) is 37.0 Å². The summed E-state index contributed by atoms with van der Waals surface area (Å²) in [5, 5.41) is 6.57. The Balaban J connectivity index is 1.66. The molecule has 0 bridgehead atoms. The number of carbonyl (C=O) groups is 1. The van der Waals surface area contributed by atoms with E-state index in [0.717, 1.165) is 6.42 Å². The zero-order valence-corrected chi connectivity index (χ0v) is 18.1. The van der Waals surface area contributed by atoms with Crippen molar-refractivity contribution in [2.75, 3.05) is 19.6 Å². The van der Waals surface area contributed by atoms with Crippen molar-refractivity contribution in [2.45, 2.75) is 50.2 Å². The first kappa shape index (κ1) is 20.9. The molecule has 0 radical (unpaired) electrons. The second kappa shape index (κ2) is 8.39. The van der Waals surface area contributed by atoms with Crippen molar-refractivity contribution >= 4 is 15.9 Å². The zero-order chi connectivity index (χ0) is 21.3. The van der Waals surface area contributed by atoms with Gasteiger partial charge in [0.15, 0.2) is 0 Å². The number of sulfonamides is 1. The average molecular weight is 433 g/mol. The van der Waals surface area contributed by atoms with Crippen LogP contribution in [0.1, 0.15) is 43.6 Å². The highest BCUT2D eigenvalue weighted by molar-refractivity contribution is 7.89. The second-order valence-electron chi connectivity index (χ2n) is 8.31. The molecule has 2 aliphatic rings. The fourth-order valence-corrected chi connectivity index (χ4v) is 5.99. The first-order valence-corrected chi connectivity index (χ1v) is 11.9. The number of rotatable bonds is 4. The highest BCUT2D eigenvalue weighted by Crippen LogP contribution is 2.36. The minimum absolute atomic E-state index is 0.124. The molecule has 0 spiro atoms. The molecular formula is C21H28N4O4S. The van der Waals surface area contributed by atoms with Crippen LogP contribution in [-0.4, -0.2) is 65.5 Å². The van der Waals surface area contributed by atoms with Crippen molar-refractivity contribution < 1.29 is 17.9 Å². The molecule has 1 saturated heterocycles. The van der Waals surface area contributed by atoms with Crippen LogP contribution < -0.4 is 4.74 Å². The molecule has 1 amide bonds. The quantitative estimate of drug-likeness (QED) is 0.801. The minimum Gasteiger partial charge on any atom is -0.487 e. The van der Waals surface area contributed by atoms with E-state index in [2.05, 4.69) is 24.0 Å². The molecule has 3 heterocycles. The minimum atomic E-state index is -3.69. The SMILES string of the molecule is CC(C)CCN1[C@H]2CCN(C(=O)c3ccn[nH]3)CC[C@@H]2Oc2ccccc2S1(=O)=O. The first-order valence-electron chi connectivity index (χ1n) is 10.4. The maximum absolute atomic E-state index is 13.6. The number of para-hydroxylation sites is 1. The number of nitrogens with zero attached hydrogens (tertiary/aromatic N) is 3. The predicted molar refractivity (Wildman–Crippen MR) is 112 cm³/mol. The molecule has 2 aliphatic heterocycles. The van der Waals surface area contributed by atoms with Gasteiger partial charge >= 0.3 is 0 Å². The topological polar surface area (TPSA) is 95.6 Å². The third-order valence-corrected chi connectivity index (χ3v) is 7.80. The maximum atomic E-state index is 13.6. The Hall–Kier alpha value is -2.39. The van der Waals surface area contributed by atoms with Crippen molar-refractivity contribution in [3.05, 3.63) is 42.2 Å². The van der Waals surface area contributed by atoms with Gasteiger partial charge in [0.25, 0.3) is 5.91 Å². The molecule has 2 atom stereocenters. The van der Waals surface area contributed by atoms with E-state index in [-0.39, 0.29) is 22.9 Å². The van der Waals surface area contributed by atoms with Crippen LogP contribution in [0.4, 0.5) is 0 Å². The van der Waals surface area contributed by atoms with E-state index in [4.69, 9.17) is 4.74 Å². The molecule has 0 aliphatic carbocycles. The number of aromatic amines is 1. The van der Waals surface area contributed by atoms with Gasteiger partial charge in [0, 0.05) is 32.3 Å². The van der Waals surface area contributed by atoms with Gasteiger partial charge in [-0.15, -0.1) is 0 Å². The number of fused-ring (bicyclic) bond motifs is 2. The fraction of sp³-hybridized carbons (Fsp3) is 0.524. The fourth-order valence-electron chi connectivity index (χ4n) is 4.18. The number of hydrogen-bond donors (Lipinski definition) is 1. The van der Waals surface area contributed by atoms with Gasteiger partial charge in [0.1, 0.15) is 22.4 Å². The molecule has 1 aromatic heterocycles. The smallest absolute Gasteiger partial charge is 0.271 e. The number of benzene rings is 1. The van der Waals surface area contributed by atoms with Crippen LogP contribution in [-0.2, 0) is 10.0 Å². The van der Waals surface area contributed by atoms with Crippen LogP contribution in [0.5, 0.6) is 5.75 Å². The largest absolute Gasteiger partial charge is 0.487 e. The van der Waals surface area contributed by atoms with Crippen molar-refractivity contribution in [3.63, 3.8) is 0 Å². The number of H-pyrrole nitrogens is 1. The summed E-state index contributed by atoms with van der Waals surface area (Å²) in [6.45, 7) is 5.58. The second-order valence-corrected chi connectivity index (χ2v) is 10.2. The van der Waals surface area contributed by atoms with Crippen molar-refractivity contribution in [1.82, 2.24) is 19.4 Å². The summed E-state index contributed by atoms with van der Waals surface area (Å²) in [6.07, 6.45) is 3.09. The summed E-state index contributed by atoms with van der Waals surface area (Å²) >= 11 is 0. The number of carbonyl (C=O) groups excluding carboxylic acids is 1. The Morgan fingerprint density at radius 2 is 2.00 bits per heavy atom. The van der Waals surface area contributed by atoms with Crippen LogP contribution in [0.3, 0.4) is 0 Å². The highest BCUT2D eigenvalue weighted by Gasteiger charge is 2.43. The number of amides is 1. The van der Waals surface area contributed by atoms with Gasteiger partial charge in [-0.1, -0.05) is 26.0 Å². The summed E-state index contributed by atoms with van der Waals surface area (Å²) in [7, 11) is -3.69. The Morgan fingerprint density at radius 1 is 1.23 bits per heavy atom. The summed E-state index contributed by atoms with van der Waals surface area (Å²) in [4.78, 5) is 14.8. The van der Waals surface area contributed by atoms with Crippen LogP contribution in [0, 0.1) is 5.92 Å². The molecule has 1 aromatic carbocycles. The lowest BCUT2D eigenvalue weighted by molar-refractivity contribution is 0.0749. The van der Waals surface area contributed by atoms with Crippen molar-refractivity contribution in [2.24, 2.45) is 5.92 Å². The molecule has 4 rings (SSSR count). The Labute approximate surface area is 177 Å². The Kier molecular flexibility index (Phi) is 5.84. The lowest BCUT2D eigenvalue weighted by Crippen LogP contribution is -2.47. The summed E-state index contributed by atoms with van der Waals surface area (Å²) in [5.41, 5.74) is 0.438. The third kappa shape index (κ3) is 3.96. The molecule has 0 unspecified atom stereocenters. The van der Waals surface area contributed by atoms with Gasteiger partial charge in [-0.2, -0.15) is 9.40 Å². The number of hydrogen-bond acceptors (Lipinski definition) is 5. The molecule has 1 N–H and O–H groups in total. The normalized spacial score (nSPS) is 23.8. The summed E-state index contributed by atoms with van der Waals surface area (Å²) in [6, 6.07) is 8.18. The number of likely N-dealkylation sites (tertiary alicyclic amines) is 1. The molecule has 0 saturated carbocycles. The summed E-state index contributed by atoms with van der Waals surface area (Å²) < 4.78 is 35.0. The monoisotopic (exact) mass is 432 g/mol. The van der Waals surface area contributed by atoms with Crippen molar-refractivity contribution in [3.8, 4) is 5.75 Å². The van der Waals surface area contributed by atoms with Gasteiger partial charge in [0.2, 0.25) is 10.0 Å². The van der Waals surface area contributed by atoms with Gasteiger partial charge in [0.05, 0.1) is 6.04 Å². The zero-order valence-electron chi connectivity index (χ0n) is 17.3. The molecule has 1 fully saturated rings. The van der Waals surface area contributed by atoms with Gasteiger partial charge < -0.3 is 9.64 Å². The predicted octanol–water partition coefficient (Wildman–Crippen LogP) is 2.51. The molecule has 2 aromatic rings. The first-order chi connectivity index (χ1) is 14.4. The molecule has 9 heteroatoms. The lowest BCUT2D eigenvalue weighted by atomic mass is 10.0. The van der Waals surface area contributed by atoms with E-state index < -0.39 is 10.0 Å². The highest BCUT2D eigenvalue weighted by atomic mass is 32.2. The lowest BCUT2D eigenvalue weighted by Gasteiger charge is -2.32. The van der Waals surface area contributed by atoms with Crippen LogP contribution >= 0.6 is 0 Å². The molecule has 162 valence electrons. The molecular weight excluding hydrogens is 404 g/mol. The van der Waals surface area contributed by atoms with E-state index >= 15 is 0 Å². The standard InChI is InChI=1S/C21H28N4O4S/c1-15(2)8-14-25-17-9-12-24(21(26)16-7-11-22-23-16)13-10-18(17)29-19-5-3-4-6-20(19)30(25,27)28/h3-7,11,15,17-18H,8-10,12-14H2,1-2H3,(H,22,23)/t17-,18-/m0/s1. The summed E-state index contributed by atoms with van der Waals surface area (Å²) in [5.74, 6) is 0.649. The van der Waals surface area contributed by atoms with Gasteiger partial charge in [-0.25, -0.2) is 8.42 Å².